The summed E-state index contributed by atoms with van der Waals surface area (Å²) >= 11 is 1.75. The summed E-state index contributed by atoms with van der Waals surface area (Å²) in [7, 11) is 0. The molecule has 1 atom stereocenters. The second kappa shape index (κ2) is 5.84. The van der Waals surface area contributed by atoms with Crippen molar-refractivity contribution >= 4 is 11.3 Å². The Bertz CT molecular complexity index is 505. The van der Waals surface area contributed by atoms with Crippen LogP contribution in [0, 0.1) is 12.8 Å². The smallest absolute Gasteiger partial charge is 0.0897 e. The van der Waals surface area contributed by atoms with Crippen LogP contribution < -0.4 is 0 Å². The highest BCUT2D eigenvalue weighted by atomic mass is 32.1. The van der Waals surface area contributed by atoms with Gasteiger partial charge in [-0.05, 0) is 44.7 Å². The van der Waals surface area contributed by atoms with Crippen molar-refractivity contribution in [2.75, 3.05) is 13.1 Å². The first-order valence-electron chi connectivity index (χ1n) is 6.91. The molecule has 1 N–H and O–H groups in total. The number of H-pyrrole nitrogens is 1. The summed E-state index contributed by atoms with van der Waals surface area (Å²) in [6, 6.07) is 2.09. The molecule has 19 heavy (non-hydrogen) atoms. The number of hydrogen-bond acceptors (Lipinski definition) is 4. The zero-order chi connectivity index (χ0) is 13.1. The van der Waals surface area contributed by atoms with Crippen LogP contribution >= 0.6 is 11.3 Å². The number of nitrogens with one attached hydrogen (secondary N) is 1. The van der Waals surface area contributed by atoms with Crippen molar-refractivity contribution in [3.8, 4) is 0 Å². The van der Waals surface area contributed by atoms with Gasteiger partial charge in [-0.1, -0.05) is 0 Å². The molecule has 1 saturated heterocycles. The Kier molecular flexibility index (Phi) is 3.94. The fourth-order valence-corrected chi connectivity index (χ4v) is 3.48. The van der Waals surface area contributed by atoms with E-state index in [9.17, 15) is 0 Å². The van der Waals surface area contributed by atoms with Gasteiger partial charge in [-0.15, -0.1) is 11.3 Å². The lowest BCUT2D eigenvalue weighted by Crippen LogP contribution is -2.35. The van der Waals surface area contributed by atoms with Crippen molar-refractivity contribution < 1.29 is 0 Å². The van der Waals surface area contributed by atoms with Crippen molar-refractivity contribution in [3.63, 3.8) is 0 Å². The van der Waals surface area contributed by atoms with E-state index in [0.29, 0.717) is 0 Å². The molecule has 0 radical (unpaired) electrons. The number of thiazole rings is 1. The minimum atomic E-state index is 0.744. The van der Waals surface area contributed by atoms with E-state index < -0.39 is 0 Å². The predicted molar refractivity (Wildman–Crippen MR) is 77.1 cm³/mol. The highest BCUT2D eigenvalue weighted by Gasteiger charge is 2.21. The molecule has 0 amide bonds. The lowest BCUT2D eigenvalue weighted by Gasteiger charge is -2.32. The Labute approximate surface area is 117 Å². The maximum absolute atomic E-state index is 4.57. The molecule has 0 saturated carbocycles. The van der Waals surface area contributed by atoms with Gasteiger partial charge in [0, 0.05) is 30.4 Å². The molecule has 1 fully saturated rings. The molecule has 1 aliphatic rings. The number of nitrogens with zero attached hydrogens (tertiary/aromatic N) is 3. The lowest BCUT2D eigenvalue weighted by molar-refractivity contribution is 0.165. The highest BCUT2D eigenvalue weighted by Crippen LogP contribution is 2.22. The van der Waals surface area contributed by atoms with E-state index in [-0.39, 0.29) is 0 Å². The number of aromatic nitrogens is 3. The Morgan fingerprint density at radius 3 is 3.21 bits per heavy atom. The summed E-state index contributed by atoms with van der Waals surface area (Å²) in [5.74, 6) is 0.744. The van der Waals surface area contributed by atoms with Gasteiger partial charge in [0.15, 0.2) is 0 Å². The monoisotopic (exact) mass is 276 g/mol. The molecule has 2 aromatic heterocycles. The van der Waals surface area contributed by atoms with E-state index in [2.05, 4.69) is 38.5 Å². The second-order valence-electron chi connectivity index (χ2n) is 5.39. The fourth-order valence-electron chi connectivity index (χ4n) is 2.88. The number of likely N-dealkylation sites (tertiary alicyclic amines) is 1. The molecule has 3 heterocycles. The highest BCUT2D eigenvalue weighted by molar-refractivity contribution is 7.09. The summed E-state index contributed by atoms with van der Waals surface area (Å²) < 4.78 is 0. The van der Waals surface area contributed by atoms with Crippen LogP contribution in [-0.2, 0) is 13.0 Å². The van der Waals surface area contributed by atoms with E-state index in [1.54, 1.807) is 11.3 Å². The third kappa shape index (κ3) is 3.42. The first-order chi connectivity index (χ1) is 9.29. The number of piperidine rings is 1. The van der Waals surface area contributed by atoms with Crippen LogP contribution in [0.25, 0.3) is 0 Å². The van der Waals surface area contributed by atoms with Crippen LogP contribution in [-0.4, -0.2) is 33.2 Å². The summed E-state index contributed by atoms with van der Waals surface area (Å²) in [6.07, 6.45) is 5.58. The molecule has 0 bridgehead atoms. The van der Waals surface area contributed by atoms with Crippen LogP contribution in [0.4, 0.5) is 0 Å². The molecular weight excluding hydrogens is 256 g/mol. The van der Waals surface area contributed by atoms with Gasteiger partial charge in [0.25, 0.3) is 0 Å². The van der Waals surface area contributed by atoms with Crippen molar-refractivity contribution in [3.05, 3.63) is 34.0 Å². The molecule has 0 aliphatic carbocycles. The lowest BCUT2D eigenvalue weighted by atomic mass is 9.93. The van der Waals surface area contributed by atoms with Gasteiger partial charge < -0.3 is 0 Å². The molecule has 0 aromatic carbocycles. The minimum absolute atomic E-state index is 0.744. The van der Waals surface area contributed by atoms with E-state index in [4.69, 9.17) is 0 Å². The van der Waals surface area contributed by atoms with E-state index in [1.165, 1.54) is 42.3 Å². The maximum atomic E-state index is 4.57. The third-order valence-corrected chi connectivity index (χ3v) is 4.54. The Morgan fingerprint density at radius 2 is 2.47 bits per heavy atom. The van der Waals surface area contributed by atoms with E-state index in [0.717, 1.165) is 18.9 Å². The van der Waals surface area contributed by atoms with Crippen LogP contribution in [0.3, 0.4) is 0 Å². The normalized spacial score (nSPS) is 20.8. The first kappa shape index (κ1) is 12.8. The van der Waals surface area contributed by atoms with Gasteiger partial charge in [0.05, 0.1) is 10.7 Å². The minimum Gasteiger partial charge on any atom is -0.297 e. The van der Waals surface area contributed by atoms with Crippen molar-refractivity contribution in [1.82, 2.24) is 20.1 Å². The van der Waals surface area contributed by atoms with Crippen LogP contribution in [0.2, 0.25) is 0 Å². The molecule has 3 rings (SSSR count). The van der Waals surface area contributed by atoms with Gasteiger partial charge in [0.2, 0.25) is 0 Å². The van der Waals surface area contributed by atoms with Crippen LogP contribution in [0.1, 0.15) is 29.2 Å². The number of aryl methyl sites for hydroxylation is 1. The molecule has 1 aliphatic heterocycles. The van der Waals surface area contributed by atoms with Crippen molar-refractivity contribution in [2.45, 2.75) is 32.7 Å². The average Bonchev–Trinajstić information content (AvgIpc) is 3.02. The maximum Gasteiger partial charge on any atom is 0.0897 e. The molecule has 2 aromatic rings. The zero-order valence-corrected chi connectivity index (χ0v) is 12.1. The number of rotatable bonds is 4. The average molecular weight is 276 g/mol. The Morgan fingerprint density at radius 1 is 1.53 bits per heavy atom. The van der Waals surface area contributed by atoms with Crippen LogP contribution in [0.15, 0.2) is 17.6 Å². The Hall–Kier alpha value is -1.20. The van der Waals surface area contributed by atoms with E-state index >= 15 is 0 Å². The molecule has 102 valence electrons. The zero-order valence-electron chi connectivity index (χ0n) is 11.3. The summed E-state index contributed by atoms with van der Waals surface area (Å²) in [5, 5.41) is 10.5. The topological polar surface area (TPSA) is 44.8 Å². The number of hydrogen-bond donors (Lipinski definition) is 1. The standard InChI is InChI=1S/C14H20N4S/c1-11-16-14(10-19-11)9-18-6-2-3-12(8-18)7-13-4-5-15-17-13/h4-5,10,12H,2-3,6-9H2,1H3,(H,15,17)/t12-/m1/s1. The third-order valence-electron chi connectivity index (χ3n) is 3.72. The predicted octanol–water partition coefficient (Wildman–Crippen LogP) is 2.63. The molecule has 5 heteroatoms. The molecule has 4 nitrogen and oxygen atoms in total. The van der Waals surface area contributed by atoms with Gasteiger partial charge in [-0.25, -0.2) is 4.98 Å². The first-order valence-corrected chi connectivity index (χ1v) is 7.79. The van der Waals surface area contributed by atoms with Gasteiger partial charge >= 0.3 is 0 Å². The number of aromatic amines is 1. The van der Waals surface area contributed by atoms with Gasteiger partial charge in [-0.2, -0.15) is 5.10 Å². The van der Waals surface area contributed by atoms with Gasteiger partial charge in [-0.3, -0.25) is 10.00 Å². The Balaban J connectivity index is 1.55. The largest absolute Gasteiger partial charge is 0.297 e. The summed E-state index contributed by atoms with van der Waals surface area (Å²) in [4.78, 5) is 7.11. The van der Waals surface area contributed by atoms with Crippen LogP contribution in [0.5, 0.6) is 0 Å². The second-order valence-corrected chi connectivity index (χ2v) is 6.45. The summed E-state index contributed by atoms with van der Waals surface area (Å²) in [5.41, 5.74) is 2.49. The fraction of sp³-hybridized carbons (Fsp3) is 0.571. The van der Waals surface area contributed by atoms with E-state index in [1.807, 2.05) is 6.20 Å². The SMILES string of the molecule is Cc1nc(CN2CCC[C@H](Cc3ccn[nH]3)C2)cs1. The molecular formula is C14H20N4S. The van der Waals surface area contributed by atoms with Crippen molar-refractivity contribution in [1.29, 1.82) is 0 Å². The molecule has 0 spiro atoms. The van der Waals surface area contributed by atoms with Crippen molar-refractivity contribution in [2.24, 2.45) is 5.92 Å². The quantitative estimate of drug-likeness (QED) is 0.933. The molecule has 0 unspecified atom stereocenters. The van der Waals surface area contributed by atoms with Gasteiger partial charge in [0.1, 0.15) is 0 Å². The summed E-state index contributed by atoms with van der Waals surface area (Å²) in [6.45, 7) is 5.46.